The van der Waals surface area contributed by atoms with Crippen molar-refractivity contribution in [1.29, 1.82) is 0 Å². The number of carbonyl (C=O) groups is 2. The highest BCUT2D eigenvalue weighted by atomic mass is 16.7. The highest BCUT2D eigenvalue weighted by molar-refractivity contribution is 5.77. The summed E-state index contributed by atoms with van der Waals surface area (Å²) in [5.74, 6) is -0.947. The molecule has 0 aliphatic rings. The first-order chi connectivity index (χ1) is 7.68. The molecule has 0 aliphatic carbocycles. The van der Waals surface area contributed by atoms with Crippen molar-refractivity contribution in [2.75, 3.05) is 6.61 Å². The van der Waals surface area contributed by atoms with Crippen LogP contribution in [-0.4, -0.2) is 23.4 Å². The van der Waals surface area contributed by atoms with E-state index in [0.29, 0.717) is 6.42 Å². The highest BCUT2D eigenvalue weighted by Gasteiger charge is 2.03. The van der Waals surface area contributed by atoms with Crippen LogP contribution in [0.3, 0.4) is 0 Å². The molecule has 1 aromatic rings. The van der Waals surface area contributed by atoms with E-state index < -0.39 is 5.91 Å². The molecular formula is C10H13N3O3. The normalized spacial score (nSPS) is 9.75. The third-order valence-corrected chi connectivity index (χ3v) is 1.73. The van der Waals surface area contributed by atoms with Crippen molar-refractivity contribution in [3.63, 3.8) is 0 Å². The molecule has 0 atom stereocenters. The van der Waals surface area contributed by atoms with Gasteiger partial charge in [-0.3, -0.25) is 19.4 Å². The van der Waals surface area contributed by atoms with E-state index in [4.69, 9.17) is 5.73 Å². The van der Waals surface area contributed by atoms with Crippen LogP contribution >= 0.6 is 0 Å². The monoisotopic (exact) mass is 223 g/mol. The van der Waals surface area contributed by atoms with E-state index in [1.54, 1.807) is 12.3 Å². The van der Waals surface area contributed by atoms with E-state index >= 15 is 0 Å². The minimum absolute atomic E-state index is 0.246. The largest absolute Gasteiger partial charge is 0.368 e. The lowest BCUT2D eigenvalue weighted by Gasteiger charge is -2.03. The van der Waals surface area contributed by atoms with Crippen molar-refractivity contribution in [1.82, 2.24) is 10.5 Å². The summed E-state index contributed by atoms with van der Waals surface area (Å²) in [6.45, 7) is -0.324. The second-order valence-electron chi connectivity index (χ2n) is 3.10. The molecule has 1 rings (SSSR count). The van der Waals surface area contributed by atoms with Crippen LogP contribution in [-0.2, 0) is 20.8 Å². The fourth-order valence-corrected chi connectivity index (χ4v) is 1.03. The third-order valence-electron chi connectivity index (χ3n) is 1.73. The number of aromatic nitrogens is 1. The molecule has 2 amide bonds. The Morgan fingerprint density at radius 2 is 2.25 bits per heavy atom. The molecule has 6 heteroatoms. The molecule has 0 spiro atoms. The Bertz CT molecular complexity index is 354. The minimum atomic E-state index is -0.634. The Labute approximate surface area is 92.8 Å². The number of carbonyl (C=O) groups excluding carboxylic acids is 2. The van der Waals surface area contributed by atoms with Gasteiger partial charge in [0.25, 0.3) is 0 Å². The Morgan fingerprint density at radius 3 is 2.88 bits per heavy atom. The standard InChI is InChI=1S/C10H13N3O3/c11-9(14)7-16-13-10(15)5-4-8-3-1-2-6-12-8/h1-3,6H,4-5,7H2,(H2,11,14)(H,13,15). The smallest absolute Gasteiger partial charge is 0.246 e. The van der Waals surface area contributed by atoms with Gasteiger partial charge in [0.05, 0.1) is 0 Å². The molecule has 0 bridgehead atoms. The number of hydrogen-bond donors (Lipinski definition) is 2. The molecule has 0 fully saturated rings. The summed E-state index contributed by atoms with van der Waals surface area (Å²) in [7, 11) is 0. The molecule has 0 saturated carbocycles. The number of hydrogen-bond acceptors (Lipinski definition) is 4. The molecule has 0 aromatic carbocycles. The van der Waals surface area contributed by atoms with Gasteiger partial charge in [0.1, 0.15) is 0 Å². The van der Waals surface area contributed by atoms with Crippen molar-refractivity contribution in [3.05, 3.63) is 30.1 Å². The van der Waals surface area contributed by atoms with Crippen LogP contribution in [0.5, 0.6) is 0 Å². The number of nitrogens with zero attached hydrogens (tertiary/aromatic N) is 1. The van der Waals surface area contributed by atoms with Crippen LogP contribution < -0.4 is 11.2 Å². The molecule has 0 saturated heterocycles. The number of hydroxylamine groups is 1. The van der Waals surface area contributed by atoms with E-state index in [9.17, 15) is 9.59 Å². The zero-order chi connectivity index (χ0) is 11.8. The van der Waals surface area contributed by atoms with Crippen LogP contribution in [0, 0.1) is 0 Å². The van der Waals surface area contributed by atoms with Gasteiger partial charge in [-0.05, 0) is 18.6 Å². The van der Waals surface area contributed by atoms with Gasteiger partial charge in [0.15, 0.2) is 6.61 Å². The van der Waals surface area contributed by atoms with Gasteiger partial charge in [-0.2, -0.15) is 0 Å². The van der Waals surface area contributed by atoms with Crippen molar-refractivity contribution < 1.29 is 14.4 Å². The number of rotatable bonds is 6. The van der Waals surface area contributed by atoms with Crippen LogP contribution in [0.1, 0.15) is 12.1 Å². The lowest BCUT2D eigenvalue weighted by atomic mass is 10.2. The predicted molar refractivity (Wildman–Crippen MR) is 55.8 cm³/mol. The number of primary amides is 1. The Kier molecular flexibility index (Phi) is 4.94. The maximum atomic E-state index is 11.2. The first-order valence-corrected chi connectivity index (χ1v) is 4.77. The Balaban J connectivity index is 2.18. The number of aryl methyl sites for hydroxylation is 1. The van der Waals surface area contributed by atoms with Gasteiger partial charge < -0.3 is 5.73 Å². The summed E-state index contributed by atoms with van der Waals surface area (Å²) in [5.41, 5.74) is 7.76. The quantitative estimate of drug-likeness (QED) is 0.638. The summed E-state index contributed by atoms with van der Waals surface area (Å²) in [6, 6.07) is 5.49. The SMILES string of the molecule is NC(=O)CONC(=O)CCc1ccccn1. The first-order valence-electron chi connectivity index (χ1n) is 4.77. The maximum Gasteiger partial charge on any atom is 0.246 e. The van der Waals surface area contributed by atoms with Crippen molar-refractivity contribution in [2.24, 2.45) is 5.73 Å². The molecule has 0 aliphatic heterocycles. The number of nitrogens with one attached hydrogen (secondary N) is 1. The van der Waals surface area contributed by atoms with Crippen molar-refractivity contribution >= 4 is 11.8 Å². The average Bonchev–Trinajstić information content (AvgIpc) is 2.27. The molecule has 6 nitrogen and oxygen atoms in total. The van der Waals surface area contributed by atoms with Gasteiger partial charge in [0, 0.05) is 18.3 Å². The highest BCUT2D eigenvalue weighted by Crippen LogP contribution is 1.97. The predicted octanol–water partition coefficient (Wildman–Crippen LogP) is -0.453. The summed E-state index contributed by atoms with van der Waals surface area (Å²) in [6.07, 6.45) is 2.43. The zero-order valence-corrected chi connectivity index (χ0v) is 8.68. The van der Waals surface area contributed by atoms with Gasteiger partial charge in [-0.25, -0.2) is 5.48 Å². The van der Waals surface area contributed by atoms with Gasteiger partial charge in [-0.1, -0.05) is 6.07 Å². The molecule has 1 heterocycles. The van der Waals surface area contributed by atoms with Crippen molar-refractivity contribution in [3.8, 4) is 0 Å². The lowest BCUT2D eigenvalue weighted by molar-refractivity contribution is -0.137. The summed E-state index contributed by atoms with van der Waals surface area (Å²) in [5, 5.41) is 0. The summed E-state index contributed by atoms with van der Waals surface area (Å²) >= 11 is 0. The fraction of sp³-hybridized carbons (Fsp3) is 0.300. The molecule has 0 radical (unpaired) electrons. The molecule has 86 valence electrons. The van der Waals surface area contributed by atoms with E-state index in [0.717, 1.165) is 5.69 Å². The topological polar surface area (TPSA) is 94.3 Å². The van der Waals surface area contributed by atoms with Gasteiger partial charge in [-0.15, -0.1) is 0 Å². The third kappa shape index (κ3) is 5.06. The van der Waals surface area contributed by atoms with Crippen LogP contribution in [0.4, 0.5) is 0 Å². The second-order valence-corrected chi connectivity index (χ2v) is 3.10. The van der Waals surface area contributed by atoms with E-state index in [1.165, 1.54) is 0 Å². The number of pyridine rings is 1. The Hall–Kier alpha value is -1.95. The average molecular weight is 223 g/mol. The molecular weight excluding hydrogens is 210 g/mol. The van der Waals surface area contributed by atoms with Crippen LogP contribution in [0.2, 0.25) is 0 Å². The van der Waals surface area contributed by atoms with Crippen molar-refractivity contribution in [2.45, 2.75) is 12.8 Å². The van der Waals surface area contributed by atoms with Crippen LogP contribution in [0.15, 0.2) is 24.4 Å². The maximum absolute atomic E-state index is 11.2. The van der Waals surface area contributed by atoms with Gasteiger partial charge in [0.2, 0.25) is 11.8 Å². The summed E-state index contributed by atoms with van der Waals surface area (Å²) < 4.78 is 0. The first kappa shape index (κ1) is 12.1. The zero-order valence-electron chi connectivity index (χ0n) is 8.68. The van der Waals surface area contributed by atoms with Gasteiger partial charge >= 0.3 is 0 Å². The second kappa shape index (κ2) is 6.52. The minimum Gasteiger partial charge on any atom is -0.368 e. The summed E-state index contributed by atoms with van der Waals surface area (Å²) in [4.78, 5) is 30.1. The molecule has 16 heavy (non-hydrogen) atoms. The molecule has 3 N–H and O–H groups in total. The molecule has 0 unspecified atom stereocenters. The Morgan fingerprint density at radius 1 is 1.44 bits per heavy atom. The number of nitrogens with two attached hydrogens (primary N) is 1. The lowest BCUT2D eigenvalue weighted by Crippen LogP contribution is -2.29. The van der Waals surface area contributed by atoms with E-state index in [1.807, 2.05) is 12.1 Å². The number of amides is 2. The molecule has 1 aromatic heterocycles. The fourth-order valence-electron chi connectivity index (χ4n) is 1.03. The van der Waals surface area contributed by atoms with E-state index in [-0.39, 0.29) is 18.9 Å². The van der Waals surface area contributed by atoms with Crippen LogP contribution in [0.25, 0.3) is 0 Å². The van der Waals surface area contributed by atoms with E-state index in [2.05, 4.69) is 15.3 Å².